The molecule has 0 aliphatic carbocycles. The third-order valence-corrected chi connectivity index (χ3v) is 4.86. The molecule has 0 spiro atoms. The number of hydrogen-bond acceptors (Lipinski definition) is 8. The normalized spacial score (nSPS) is 25.9. The van der Waals surface area contributed by atoms with Crippen LogP contribution >= 0.6 is 0 Å². The number of methoxy groups -OCH3 is 1. The Bertz CT molecular complexity index is 712. The number of amides is 1. The van der Waals surface area contributed by atoms with Gasteiger partial charge in [-0.2, -0.15) is 0 Å². The van der Waals surface area contributed by atoms with Gasteiger partial charge in [0.1, 0.15) is 31.0 Å². The van der Waals surface area contributed by atoms with Gasteiger partial charge in [0.15, 0.2) is 6.04 Å². The number of carbonyl (C=O) groups is 2. The van der Waals surface area contributed by atoms with Gasteiger partial charge in [-0.05, 0) is 5.56 Å². The summed E-state index contributed by atoms with van der Waals surface area (Å²) in [5.74, 6) is -0.637. The molecule has 1 aromatic rings. The molecule has 1 amide bonds. The number of nitrogens with one attached hydrogen (secondary N) is 1. The van der Waals surface area contributed by atoms with Gasteiger partial charge in [0.05, 0.1) is 33.5 Å². The zero-order valence-corrected chi connectivity index (χ0v) is 16.9. The number of carbonyl (C=O) groups excluding carboxylic acids is 2. The van der Waals surface area contributed by atoms with Gasteiger partial charge < -0.3 is 33.7 Å². The zero-order valence-electron chi connectivity index (χ0n) is 16.9. The standard InChI is InChI=1S/C21H27NO8/c1-3-9-26-16-12-28-19-17(13-29-18(16)19)27-11-15(20(23)25-2)22-21(24)30-10-14-7-5-4-6-8-14/h3-8,15-19H,1,9-13H2,2H3,(H,22,24)/t15-,16-,17+,18+,19+/m0/s1. The summed E-state index contributed by atoms with van der Waals surface area (Å²) in [5.41, 5.74) is 0.833. The highest BCUT2D eigenvalue weighted by atomic mass is 16.6. The van der Waals surface area contributed by atoms with Crippen molar-refractivity contribution < 1.29 is 38.0 Å². The fourth-order valence-corrected chi connectivity index (χ4v) is 3.34. The number of ether oxygens (including phenoxy) is 6. The third kappa shape index (κ3) is 5.79. The summed E-state index contributed by atoms with van der Waals surface area (Å²) in [7, 11) is 1.24. The number of fused-ring (bicyclic) bond motifs is 1. The van der Waals surface area contributed by atoms with Gasteiger partial charge >= 0.3 is 12.1 Å². The van der Waals surface area contributed by atoms with Crippen LogP contribution in [0.5, 0.6) is 0 Å². The zero-order chi connectivity index (χ0) is 21.3. The second-order valence-corrected chi connectivity index (χ2v) is 6.91. The molecule has 9 nitrogen and oxygen atoms in total. The molecular formula is C21H27NO8. The van der Waals surface area contributed by atoms with Crippen LogP contribution in [0.2, 0.25) is 0 Å². The Morgan fingerprint density at radius 1 is 1.17 bits per heavy atom. The molecule has 9 heteroatoms. The van der Waals surface area contributed by atoms with E-state index in [4.69, 9.17) is 28.4 Å². The maximum Gasteiger partial charge on any atom is 0.408 e. The number of rotatable bonds is 10. The Morgan fingerprint density at radius 3 is 2.47 bits per heavy atom. The Hall–Kier alpha value is -2.46. The first-order valence-electron chi connectivity index (χ1n) is 9.74. The molecule has 30 heavy (non-hydrogen) atoms. The van der Waals surface area contributed by atoms with E-state index in [1.165, 1.54) is 7.11 Å². The van der Waals surface area contributed by atoms with Crippen LogP contribution < -0.4 is 5.32 Å². The second kappa shape index (κ2) is 11.1. The lowest BCUT2D eigenvalue weighted by Crippen LogP contribution is -2.46. The first-order valence-corrected chi connectivity index (χ1v) is 9.74. The maximum atomic E-state index is 12.1. The van der Waals surface area contributed by atoms with Gasteiger partial charge in [-0.1, -0.05) is 36.4 Å². The first-order chi connectivity index (χ1) is 14.6. The molecule has 1 aromatic carbocycles. The number of alkyl carbamates (subject to hydrolysis) is 1. The van der Waals surface area contributed by atoms with Crippen molar-refractivity contribution in [1.29, 1.82) is 0 Å². The van der Waals surface area contributed by atoms with Crippen molar-refractivity contribution in [3.05, 3.63) is 48.6 Å². The maximum absolute atomic E-state index is 12.1. The van der Waals surface area contributed by atoms with E-state index < -0.39 is 18.1 Å². The van der Waals surface area contributed by atoms with Crippen LogP contribution in [0.1, 0.15) is 5.56 Å². The van der Waals surface area contributed by atoms with Gasteiger partial charge in [0.25, 0.3) is 0 Å². The number of esters is 1. The monoisotopic (exact) mass is 421 g/mol. The van der Waals surface area contributed by atoms with E-state index in [-0.39, 0.29) is 37.6 Å². The lowest BCUT2D eigenvalue weighted by Gasteiger charge is -2.21. The van der Waals surface area contributed by atoms with Crippen molar-refractivity contribution in [2.45, 2.75) is 37.1 Å². The molecule has 0 aromatic heterocycles. The van der Waals surface area contributed by atoms with Crippen LogP contribution in [0.4, 0.5) is 4.79 Å². The summed E-state index contributed by atoms with van der Waals surface area (Å²) in [6.07, 6.45) is -0.197. The average Bonchev–Trinajstić information content (AvgIpc) is 3.36. The molecule has 2 saturated heterocycles. The van der Waals surface area contributed by atoms with Gasteiger partial charge in [-0.25, -0.2) is 9.59 Å². The molecule has 1 N–H and O–H groups in total. The molecule has 2 fully saturated rings. The summed E-state index contributed by atoms with van der Waals surface area (Å²) < 4.78 is 32.9. The van der Waals surface area contributed by atoms with Crippen LogP contribution in [0.15, 0.2) is 43.0 Å². The van der Waals surface area contributed by atoms with E-state index in [0.29, 0.717) is 19.8 Å². The van der Waals surface area contributed by atoms with Crippen LogP contribution in [-0.2, 0) is 39.8 Å². The highest BCUT2D eigenvalue weighted by molar-refractivity contribution is 5.81. The van der Waals surface area contributed by atoms with Crippen molar-refractivity contribution in [2.24, 2.45) is 0 Å². The van der Waals surface area contributed by atoms with Gasteiger partial charge in [-0.15, -0.1) is 6.58 Å². The molecule has 0 radical (unpaired) electrons. The lowest BCUT2D eigenvalue weighted by molar-refractivity contribution is -0.146. The highest BCUT2D eigenvalue weighted by Gasteiger charge is 2.49. The average molecular weight is 421 g/mol. The lowest BCUT2D eigenvalue weighted by atomic mass is 10.1. The summed E-state index contributed by atoms with van der Waals surface area (Å²) in [6.45, 7) is 4.72. The Kier molecular flexibility index (Phi) is 8.21. The predicted molar refractivity (Wildman–Crippen MR) is 105 cm³/mol. The van der Waals surface area contributed by atoms with Gasteiger partial charge in [0, 0.05) is 0 Å². The van der Waals surface area contributed by atoms with E-state index in [1.807, 2.05) is 30.3 Å². The molecular weight excluding hydrogens is 394 g/mol. The van der Waals surface area contributed by atoms with Gasteiger partial charge in [-0.3, -0.25) is 0 Å². The van der Waals surface area contributed by atoms with Crippen LogP contribution in [-0.4, -0.2) is 76.1 Å². The van der Waals surface area contributed by atoms with E-state index in [9.17, 15) is 9.59 Å². The summed E-state index contributed by atoms with van der Waals surface area (Å²) in [5, 5.41) is 2.48. The molecule has 2 aliphatic heterocycles. The minimum atomic E-state index is -1.02. The molecule has 0 saturated carbocycles. The molecule has 3 rings (SSSR count). The van der Waals surface area contributed by atoms with E-state index in [2.05, 4.69) is 11.9 Å². The van der Waals surface area contributed by atoms with E-state index >= 15 is 0 Å². The predicted octanol–water partition coefficient (Wildman–Crippen LogP) is 1.21. The van der Waals surface area contributed by atoms with Gasteiger partial charge in [0.2, 0.25) is 0 Å². The number of hydrogen-bond donors (Lipinski definition) is 1. The largest absolute Gasteiger partial charge is 0.467 e. The fraction of sp³-hybridized carbons (Fsp3) is 0.524. The Balaban J connectivity index is 1.47. The molecule has 0 unspecified atom stereocenters. The summed E-state index contributed by atoms with van der Waals surface area (Å²) in [6, 6.07) is 8.20. The van der Waals surface area contributed by atoms with Crippen LogP contribution in [0.25, 0.3) is 0 Å². The SMILES string of the molecule is C=CCO[C@H]1CO[C@H]2[C@@H]1OC[C@H]2OC[C@H](NC(=O)OCc1ccccc1)C(=O)OC. The minimum Gasteiger partial charge on any atom is -0.467 e. The highest BCUT2D eigenvalue weighted by Crippen LogP contribution is 2.30. The van der Waals surface area contributed by atoms with Crippen molar-refractivity contribution in [3.8, 4) is 0 Å². The van der Waals surface area contributed by atoms with E-state index in [1.54, 1.807) is 6.08 Å². The van der Waals surface area contributed by atoms with Crippen molar-refractivity contribution in [3.63, 3.8) is 0 Å². The van der Waals surface area contributed by atoms with Crippen LogP contribution in [0, 0.1) is 0 Å². The quantitative estimate of drug-likeness (QED) is 0.444. The van der Waals surface area contributed by atoms with Crippen molar-refractivity contribution >= 4 is 12.1 Å². The molecule has 0 bridgehead atoms. The molecule has 2 aliphatic rings. The Labute approximate surface area is 175 Å². The number of benzene rings is 1. The first kappa shape index (κ1) is 22.2. The molecule has 164 valence electrons. The van der Waals surface area contributed by atoms with E-state index in [0.717, 1.165) is 5.56 Å². The summed E-state index contributed by atoms with van der Waals surface area (Å²) >= 11 is 0. The molecule has 5 atom stereocenters. The fourth-order valence-electron chi connectivity index (χ4n) is 3.34. The third-order valence-electron chi connectivity index (χ3n) is 4.86. The topological polar surface area (TPSA) is 102 Å². The molecule has 2 heterocycles. The minimum absolute atomic E-state index is 0.0849. The summed E-state index contributed by atoms with van der Waals surface area (Å²) in [4.78, 5) is 24.2. The second-order valence-electron chi connectivity index (χ2n) is 6.91. The van der Waals surface area contributed by atoms with Crippen molar-refractivity contribution in [2.75, 3.05) is 33.5 Å². The Morgan fingerprint density at radius 2 is 1.83 bits per heavy atom. The smallest absolute Gasteiger partial charge is 0.408 e. The van der Waals surface area contributed by atoms with Crippen LogP contribution in [0.3, 0.4) is 0 Å². The van der Waals surface area contributed by atoms with Crippen molar-refractivity contribution in [1.82, 2.24) is 5.32 Å².